The molecule has 1 aromatic carbocycles. The van der Waals surface area contributed by atoms with Gasteiger partial charge in [-0.25, -0.2) is 4.79 Å². The molecule has 1 aromatic rings. The SMILES string of the molecule is COCOc1cc(Cl)c(C(=O)O)cc1Cl. The Morgan fingerprint density at radius 3 is 2.60 bits per heavy atom. The second-order valence-corrected chi connectivity index (χ2v) is 3.43. The topological polar surface area (TPSA) is 55.8 Å². The number of carboxylic acid groups (broad SMARTS) is 1. The van der Waals surface area contributed by atoms with Crippen molar-refractivity contribution in [1.82, 2.24) is 0 Å². The molecular weight excluding hydrogens is 243 g/mol. The summed E-state index contributed by atoms with van der Waals surface area (Å²) in [6.45, 7) is 0.0163. The number of rotatable bonds is 4. The molecule has 0 heterocycles. The lowest BCUT2D eigenvalue weighted by molar-refractivity contribution is 0.0512. The highest BCUT2D eigenvalue weighted by molar-refractivity contribution is 6.36. The van der Waals surface area contributed by atoms with Gasteiger partial charge in [0.25, 0.3) is 0 Å². The van der Waals surface area contributed by atoms with Crippen LogP contribution in [-0.2, 0) is 4.74 Å². The van der Waals surface area contributed by atoms with Crippen LogP contribution in [0.1, 0.15) is 10.4 Å². The molecule has 15 heavy (non-hydrogen) atoms. The Labute approximate surface area is 96.3 Å². The standard InChI is InChI=1S/C9H8Cl2O4/c1-14-4-15-8-3-6(10)5(9(12)13)2-7(8)11/h2-3H,4H2,1H3,(H,12,13). The van der Waals surface area contributed by atoms with Crippen LogP contribution < -0.4 is 4.74 Å². The summed E-state index contributed by atoms with van der Waals surface area (Å²) < 4.78 is 9.75. The largest absolute Gasteiger partial charge is 0.478 e. The number of ether oxygens (including phenoxy) is 2. The third kappa shape index (κ3) is 2.99. The molecule has 0 atom stereocenters. The zero-order chi connectivity index (χ0) is 11.4. The number of aromatic carboxylic acids is 1. The molecule has 1 rings (SSSR count). The van der Waals surface area contributed by atoms with E-state index in [1.807, 2.05) is 0 Å². The molecule has 0 unspecified atom stereocenters. The zero-order valence-corrected chi connectivity index (χ0v) is 9.30. The van der Waals surface area contributed by atoms with Gasteiger partial charge in [0, 0.05) is 13.2 Å². The summed E-state index contributed by atoms with van der Waals surface area (Å²) in [4.78, 5) is 10.7. The minimum atomic E-state index is -1.14. The van der Waals surface area contributed by atoms with E-state index in [1.54, 1.807) is 0 Å². The maximum absolute atomic E-state index is 10.7. The van der Waals surface area contributed by atoms with E-state index in [-0.39, 0.29) is 28.2 Å². The van der Waals surface area contributed by atoms with Crippen LogP contribution in [0.5, 0.6) is 5.75 Å². The minimum absolute atomic E-state index is 0.0163. The molecule has 0 fully saturated rings. The van der Waals surface area contributed by atoms with Crippen LogP contribution >= 0.6 is 23.2 Å². The molecule has 0 bridgehead atoms. The van der Waals surface area contributed by atoms with Gasteiger partial charge in [-0.3, -0.25) is 0 Å². The summed E-state index contributed by atoms with van der Waals surface area (Å²) in [6.07, 6.45) is 0. The number of methoxy groups -OCH3 is 1. The Kier molecular flexibility index (Phi) is 4.20. The third-order valence-corrected chi connectivity index (χ3v) is 2.19. The van der Waals surface area contributed by atoms with E-state index in [1.165, 1.54) is 19.2 Å². The van der Waals surface area contributed by atoms with Crippen LogP contribution in [0.4, 0.5) is 0 Å². The molecule has 0 aromatic heterocycles. The zero-order valence-electron chi connectivity index (χ0n) is 7.79. The van der Waals surface area contributed by atoms with Gasteiger partial charge in [-0.05, 0) is 6.07 Å². The normalized spacial score (nSPS) is 10.1. The van der Waals surface area contributed by atoms with Crippen molar-refractivity contribution in [3.63, 3.8) is 0 Å². The molecule has 0 saturated carbocycles. The second kappa shape index (κ2) is 5.21. The molecule has 82 valence electrons. The predicted molar refractivity (Wildman–Crippen MR) is 55.9 cm³/mol. The summed E-state index contributed by atoms with van der Waals surface area (Å²) in [5.74, 6) is -0.853. The molecular formula is C9H8Cl2O4. The Hall–Kier alpha value is -0.970. The number of carbonyl (C=O) groups is 1. The summed E-state index contributed by atoms with van der Waals surface area (Å²) in [5, 5.41) is 8.99. The highest BCUT2D eigenvalue weighted by atomic mass is 35.5. The molecule has 6 heteroatoms. The highest BCUT2D eigenvalue weighted by Gasteiger charge is 2.13. The molecule has 0 spiro atoms. The number of halogens is 2. The molecule has 0 aliphatic rings. The third-order valence-electron chi connectivity index (χ3n) is 1.58. The summed E-state index contributed by atoms with van der Waals surface area (Å²) in [6, 6.07) is 2.57. The van der Waals surface area contributed by atoms with Crippen LogP contribution in [0.25, 0.3) is 0 Å². The van der Waals surface area contributed by atoms with Gasteiger partial charge in [0.2, 0.25) is 0 Å². The molecule has 0 amide bonds. The van der Waals surface area contributed by atoms with E-state index in [0.717, 1.165) is 0 Å². The van der Waals surface area contributed by atoms with Crippen molar-refractivity contribution in [3.05, 3.63) is 27.7 Å². The fourth-order valence-electron chi connectivity index (χ4n) is 0.925. The van der Waals surface area contributed by atoms with Crippen LogP contribution in [0.2, 0.25) is 10.0 Å². The van der Waals surface area contributed by atoms with Crippen molar-refractivity contribution in [2.75, 3.05) is 13.9 Å². The predicted octanol–water partition coefficient (Wildman–Crippen LogP) is 2.67. The van der Waals surface area contributed by atoms with Crippen molar-refractivity contribution in [2.24, 2.45) is 0 Å². The highest BCUT2D eigenvalue weighted by Crippen LogP contribution is 2.31. The van der Waals surface area contributed by atoms with Gasteiger partial charge in [-0.1, -0.05) is 23.2 Å². The van der Waals surface area contributed by atoms with Gasteiger partial charge in [0.05, 0.1) is 15.6 Å². The quantitative estimate of drug-likeness (QED) is 0.836. The van der Waals surface area contributed by atoms with Gasteiger partial charge in [-0.2, -0.15) is 0 Å². The molecule has 4 nitrogen and oxygen atoms in total. The smallest absolute Gasteiger partial charge is 0.337 e. The van der Waals surface area contributed by atoms with Gasteiger partial charge in [0.15, 0.2) is 6.79 Å². The number of hydrogen-bond acceptors (Lipinski definition) is 3. The monoisotopic (exact) mass is 250 g/mol. The van der Waals surface area contributed by atoms with Crippen LogP contribution in [0.15, 0.2) is 12.1 Å². The van der Waals surface area contributed by atoms with E-state index < -0.39 is 5.97 Å². The summed E-state index contributed by atoms with van der Waals surface area (Å²) in [7, 11) is 1.46. The fourth-order valence-corrected chi connectivity index (χ4v) is 1.38. The van der Waals surface area contributed by atoms with Crippen molar-refractivity contribution in [3.8, 4) is 5.75 Å². The molecule has 0 aliphatic heterocycles. The first-order valence-corrected chi connectivity index (χ1v) is 4.66. The first-order chi connectivity index (χ1) is 7.06. The Morgan fingerprint density at radius 1 is 1.40 bits per heavy atom. The first-order valence-electron chi connectivity index (χ1n) is 3.90. The number of carboxylic acids is 1. The maximum Gasteiger partial charge on any atom is 0.337 e. The number of hydrogen-bond donors (Lipinski definition) is 1. The van der Waals surface area contributed by atoms with E-state index in [9.17, 15) is 4.79 Å². The molecule has 0 radical (unpaired) electrons. The number of benzene rings is 1. The molecule has 1 N–H and O–H groups in total. The van der Waals surface area contributed by atoms with Gasteiger partial charge in [0.1, 0.15) is 5.75 Å². The lowest BCUT2D eigenvalue weighted by Crippen LogP contribution is -2.02. The van der Waals surface area contributed by atoms with E-state index in [4.69, 9.17) is 33.0 Å². The molecule has 0 aliphatic carbocycles. The lowest BCUT2D eigenvalue weighted by Gasteiger charge is -2.08. The average molecular weight is 251 g/mol. The van der Waals surface area contributed by atoms with Crippen molar-refractivity contribution in [2.45, 2.75) is 0 Å². The minimum Gasteiger partial charge on any atom is -0.478 e. The summed E-state index contributed by atoms with van der Waals surface area (Å²) >= 11 is 11.5. The van der Waals surface area contributed by atoms with Crippen LogP contribution in [-0.4, -0.2) is 25.0 Å². The lowest BCUT2D eigenvalue weighted by atomic mass is 10.2. The summed E-state index contributed by atoms with van der Waals surface area (Å²) in [5.41, 5.74) is -0.0635. The van der Waals surface area contributed by atoms with Crippen molar-refractivity contribution in [1.29, 1.82) is 0 Å². The van der Waals surface area contributed by atoms with Crippen LogP contribution in [0.3, 0.4) is 0 Å². The van der Waals surface area contributed by atoms with E-state index >= 15 is 0 Å². The van der Waals surface area contributed by atoms with E-state index in [2.05, 4.69) is 4.74 Å². The van der Waals surface area contributed by atoms with Gasteiger partial charge >= 0.3 is 5.97 Å². The Bertz CT molecular complexity index is 379. The molecule has 0 saturated heterocycles. The Morgan fingerprint density at radius 2 is 2.07 bits per heavy atom. The second-order valence-electron chi connectivity index (χ2n) is 2.62. The van der Waals surface area contributed by atoms with E-state index in [0.29, 0.717) is 0 Å². The van der Waals surface area contributed by atoms with Crippen LogP contribution in [0, 0.1) is 0 Å². The average Bonchev–Trinajstić information content (AvgIpc) is 2.18. The first kappa shape index (κ1) is 12.1. The van der Waals surface area contributed by atoms with Crippen molar-refractivity contribution >= 4 is 29.2 Å². The van der Waals surface area contributed by atoms with Gasteiger partial charge < -0.3 is 14.6 Å². The van der Waals surface area contributed by atoms with Gasteiger partial charge in [-0.15, -0.1) is 0 Å². The maximum atomic E-state index is 10.7. The fraction of sp³-hybridized carbons (Fsp3) is 0.222. The Balaban J connectivity index is 3.02. The van der Waals surface area contributed by atoms with Crippen molar-refractivity contribution < 1.29 is 19.4 Å².